The third-order valence-corrected chi connectivity index (χ3v) is 2.65. The third-order valence-electron chi connectivity index (χ3n) is 2.65. The number of rotatable bonds is 4. The molecule has 0 aromatic heterocycles. The standard InChI is InChI=1S/C10H19NO2/c1-8(2)11-10(7-9(12)13)5-3-4-6-10/h8,11H,3-7H2,1-2H3,(H,12,13). The summed E-state index contributed by atoms with van der Waals surface area (Å²) in [5.74, 6) is -0.685. The van der Waals surface area contributed by atoms with Crippen LogP contribution in [-0.4, -0.2) is 22.7 Å². The largest absolute Gasteiger partial charge is 0.481 e. The number of hydrogen-bond donors (Lipinski definition) is 2. The van der Waals surface area contributed by atoms with Gasteiger partial charge in [0.05, 0.1) is 6.42 Å². The van der Waals surface area contributed by atoms with E-state index in [1.54, 1.807) is 0 Å². The Kier molecular flexibility index (Phi) is 3.31. The predicted molar refractivity (Wildman–Crippen MR) is 51.7 cm³/mol. The zero-order chi connectivity index (χ0) is 9.90. The number of carboxylic acid groups (broad SMARTS) is 1. The molecule has 76 valence electrons. The first-order valence-electron chi connectivity index (χ1n) is 5.04. The molecule has 0 spiro atoms. The third kappa shape index (κ3) is 2.99. The van der Waals surface area contributed by atoms with Crippen molar-refractivity contribution in [3.63, 3.8) is 0 Å². The monoisotopic (exact) mass is 185 g/mol. The summed E-state index contributed by atoms with van der Waals surface area (Å²) in [4.78, 5) is 10.7. The molecule has 1 rings (SSSR count). The average molecular weight is 185 g/mol. The van der Waals surface area contributed by atoms with E-state index in [0.29, 0.717) is 6.04 Å². The van der Waals surface area contributed by atoms with Gasteiger partial charge < -0.3 is 10.4 Å². The molecule has 0 heterocycles. The maximum atomic E-state index is 10.7. The van der Waals surface area contributed by atoms with Gasteiger partial charge in [-0.25, -0.2) is 0 Å². The summed E-state index contributed by atoms with van der Waals surface area (Å²) in [5.41, 5.74) is -0.111. The van der Waals surface area contributed by atoms with Gasteiger partial charge in [0.15, 0.2) is 0 Å². The van der Waals surface area contributed by atoms with Crippen LogP contribution in [0, 0.1) is 0 Å². The number of carboxylic acids is 1. The Morgan fingerprint density at radius 3 is 2.38 bits per heavy atom. The Labute approximate surface area is 79.5 Å². The molecule has 0 aromatic carbocycles. The SMILES string of the molecule is CC(C)NC1(CC(=O)O)CCCC1. The van der Waals surface area contributed by atoms with Crippen molar-refractivity contribution in [1.29, 1.82) is 0 Å². The van der Waals surface area contributed by atoms with Crippen LogP contribution >= 0.6 is 0 Å². The Bertz CT molecular complexity index is 183. The van der Waals surface area contributed by atoms with Crippen LogP contribution in [-0.2, 0) is 4.79 Å². The van der Waals surface area contributed by atoms with Crippen molar-refractivity contribution in [3.05, 3.63) is 0 Å². The molecule has 0 amide bonds. The van der Waals surface area contributed by atoms with E-state index < -0.39 is 5.97 Å². The molecule has 0 bridgehead atoms. The van der Waals surface area contributed by atoms with E-state index >= 15 is 0 Å². The molecule has 2 N–H and O–H groups in total. The fourth-order valence-corrected chi connectivity index (χ4v) is 2.33. The second-order valence-electron chi connectivity index (χ2n) is 4.36. The van der Waals surface area contributed by atoms with E-state index in [1.165, 1.54) is 0 Å². The lowest BCUT2D eigenvalue weighted by atomic mass is 9.92. The van der Waals surface area contributed by atoms with Gasteiger partial charge in [-0.1, -0.05) is 26.7 Å². The highest BCUT2D eigenvalue weighted by Gasteiger charge is 2.35. The second kappa shape index (κ2) is 4.09. The lowest BCUT2D eigenvalue weighted by Gasteiger charge is -2.31. The fraction of sp³-hybridized carbons (Fsp3) is 0.900. The van der Waals surface area contributed by atoms with Gasteiger partial charge in [0.1, 0.15) is 0 Å². The highest BCUT2D eigenvalue weighted by atomic mass is 16.4. The number of aliphatic carboxylic acids is 1. The normalized spacial score (nSPS) is 20.8. The number of carbonyl (C=O) groups is 1. The quantitative estimate of drug-likeness (QED) is 0.701. The van der Waals surface area contributed by atoms with Crippen LogP contribution in [0.5, 0.6) is 0 Å². The topological polar surface area (TPSA) is 49.3 Å². The summed E-state index contributed by atoms with van der Waals surface area (Å²) in [6, 6.07) is 0.373. The van der Waals surface area contributed by atoms with Crippen molar-refractivity contribution in [3.8, 4) is 0 Å². The summed E-state index contributed by atoms with van der Waals surface area (Å²) in [5, 5.41) is 12.2. The maximum absolute atomic E-state index is 10.7. The molecule has 1 fully saturated rings. The van der Waals surface area contributed by atoms with E-state index in [1.807, 2.05) is 0 Å². The molecule has 3 nitrogen and oxygen atoms in total. The van der Waals surface area contributed by atoms with Crippen LogP contribution in [0.1, 0.15) is 46.0 Å². The van der Waals surface area contributed by atoms with Gasteiger partial charge in [-0.15, -0.1) is 0 Å². The van der Waals surface area contributed by atoms with Crippen LogP contribution < -0.4 is 5.32 Å². The Hall–Kier alpha value is -0.570. The lowest BCUT2D eigenvalue weighted by molar-refractivity contribution is -0.138. The first-order valence-corrected chi connectivity index (χ1v) is 5.04. The molecule has 13 heavy (non-hydrogen) atoms. The minimum Gasteiger partial charge on any atom is -0.481 e. The highest BCUT2D eigenvalue weighted by Crippen LogP contribution is 2.32. The molecular formula is C10H19NO2. The molecule has 0 radical (unpaired) electrons. The van der Waals surface area contributed by atoms with Crippen LogP contribution in [0.3, 0.4) is 0 Å². The van der Waals surface area contributed by atoms with Crippen molar-refractivity contribution < 1.29 is 9.90 Å². The van der Waals surface area contributed by atoms with Gasteiger partial charge in [-0.2, -0.15) is 0 Å². The first kappa shape index (κ1) is 10.5. The minimum atomic E-state index is -0.685. The fourth-order valence-electron chi connectivity index (χ4n) is 2.33. The summed E-state index contributed by atoms with van der Waals surface area (Å²) < 4.78 is 0. The van der Waals surface area contributed by atoms with E-state index in [4.69, 9.17) is 5.11 Å². The highest BCUT2D eigenvalue weighted by molar-refractivity contribution is 5.68. The summed E-state index contributed by atoms with van der Waals surface area (Å²) in [6.07, 6.45) is 4.61. The van der Waals surface area contributed by atoms with Crippen molar-refractivity contribution in [1.82, 2.24) is 5.32 Å². The van der Waals surface area contributed by atoms with E-state index in [-0.39, 0.29) is 12.0 Å². The number of nitrogens with one attached hydrogen (secondary N) is 1. The van der Waals surface area contributed by atoms with Gasteiger partial charge in [0, 0.05) is 11.6 Å². The Morgan fingerprint density at radius 2 is 2.00 bits per heavy atom. The lowest BCUT2D eigenvalue weighted by Crippen LogP contribution is -2.47. The Morgan fingerprint density at radius 1 is 1.46 bits per heavy atom. The zero-order valence-electron chi connectivity index (χ0n) is 8.47. The van der Waals surface area contributed by atoms with Crippen molar-refractivity contribution in [2.24, 2.45) is 0 Å². The van der Waals surface area contributed by atoms with Crippen LogP contribution in [0.4, 0.5) is 0 Å². The molecule has 0 aromatic rings. The molecule has 1 saturated carbocycles. The molecule has 0 aliphatic heterocycles. The van der Waals surface area contributed by atoms with Gasteiger partial charge in [0.2, 0.25) is 0 Å². The summed E-state index contributed by atoms with van der Waals surface area (Å²) in [6.45, 7) is 4.14. The second-order valence-corrected chi connectivity index (χ2v) is 4.36. The van der Waals surface area contributed by atoms with Crippen LogP contribution in [0.2, 0.25) is 0 Å². The van der Waals surface area contributed by atoms with Crippen molar-refractivity contribution in [2.45, 2.75) is 57.5 Å². The molecule has 1 aliphatic rings. The molecule has 1 aliphatic carbocycles. The predicted octanol–water partition coefficient (Wildman–Crippen LogP) is 1.77. The summed E-state index contributed by atoms with van der Waals surface area (Å²) >= 11 is 0. The van der Waals surface area contributed by atoms with Crippen molar-refractivity contribution in [2.75, 3.05) is 0 Å². The van der Waals surface area contributed by atoms with E-state index in [2.05, 4.69) is 19.2 Å². The first-order chi connectivity index (χ1) is 6.04. The number of hydrogen-bond acceptors (Lipinski definition) is 2. The molecule has 0 atom stereocenters. The zero-order valence-corrected chi connectivity index (χ0v) is 8.47. The van der Waals surface area contributed by atoms with Crippen LogP contribution in [0.15, 0.2) is 0 Å². The van der Waals surface area contributed by atoms with Gasteiger partial charge >= 0.3 is 5.97 Å². The Balaban J connectivity index is 2.57. The van der Waals surface area contributed by atoms with E-state index in [9.17, 15) is 4.79 Å². The van der Waals surface area contributed by atoms with Gasteiger partial charge in [0.25, 0.3) is 0 Å². The van der Waals surface area contributed by atoms with Gasteiger partial charge in [-0.05, 0) is 12.8 Å². The van der Waals surface area contributed by atoms with E-state index in [0.717, 1.165) is 25.7 Å². The average Bonchev–Trinajstić information content (AvgIpc) is 2.33. The molecular weight excluding hydrogens is 166 g/mol. The molecule has 0 unspecified atom stereocenters. The smallest absolute Gasteiger partial charge is 0.305 e. The van der Waals surface area contributed by atoms with Crippen LogP contribution in [0.25, 0.3) is 0 Å². The maximum Gasteiger partial charge on any atom is 0.305 e. The summed E-state index contributed by atoms with van der Waals surface area (Å²) in [7, 11) is 0. The van der Waals surface area contributed by atoms with Crippen molar-refractivity contribution >= 4 is 5.97 Å². The van der Waals surface area contributed by atoms with Gasteiger partial charge in [-0.3, -0.25) is 4.79 Å². The molecule has 0 saturated heterocycles. The minimum absolute atomic E-state index is 0.111. The molecule has 3 heteroatoms.